The summed E-state index contributed by atoms with van der Waals surface area (Å²) in [6, 6.07) is 14.1. The summed E-state index contributed by atoms with van der Waals surface area (Å²) in [7, 11) is 0. The van der Waals surface area contributed by atoms with E-state index in [0.717, 1.165) is 36.8 Å². The summed E-state index contributed by atoms with van der Waals surface area (Å²) in [6.07, 6.45) is 11.5. The van der Waals surface area contributed by atoms with Crippen molar-refractivity contribution in [2.24, 2.45) is 0 Å². The van der Waals surface area contributed by atoms with Gasteiger partial charge in [-0.05, 0) is 60.1 Å². The minimum absolute atomic E-state index is 0. The normalized spacial score (nSPS) is 9.87. The Morgan fingerprint density at radius 2 is 1.03 bits per heavy atom. The van der Waals surface area contributed by atoms with Crippen molar-refractivity contribution in [2.45, 2.75) is 78.1 Å². The van der Waals surface area contributed by atoms with Crippen molar-refractivity contribution in [1.82, 2.24) is 0 Å². The maximum Gasteiger partial charge on any atom is 2.00 e. The molecular weight excluding hydrogens is 442 g/mol. The Labute approximate surface area is 199 Å². The van der Waals surface area contributed by atoms with E-state index >= 15 is 0 Å². The molecule has 0 aliphatic carbocycles. The van der Waals surface area contributed by atoms with Crippen LogP contribution >= 0.6 is 0 Å². The second-order valence-corrected chi connectivity index (χ2v) is 7.60. The van der Waals surface area contributed by atoms with Gasteiger partial charge in [-0.3, -0.25) is 0 Å². The Hall–Kier alpha value is -2.00. The molecule has 5 heteroatoms. The molecule has 0 unspecified atom stereocenters. The number of aromatic carboxylic acids is 2. The van der Waals surface area contributed by atoms with Crippen LogP contribution in [0.25, 0.3) is 0 Å². The molecule has 0 amide bonds. The average Bonchev–Trinajstić information content (AvgIpc) is 2.75. The zero-order chi connectivity index (χ0) is 22.2. The van der Waals surface area contributed by atoms with Gasteiger partial charge in [-0.1, -0.05) is 88.8 Å². The Bertz CT molecular complexity index is 708. The maximum absolute atomic E-state index is 10.6. The number of benzene rings is 2. The van der Waals surface area contributed by atoms with Crippen molar-refractivity contribution >= 4 is 11.9 Å². The molecule has 0 atom stereocenters. The topological polar surface area (TPSA) is 80.3 Å². The number of hydrogen-bond donors (Lipinski definition) is 0. The van der Waals surface area contributed by atoms with Crippen LogP contribution in [0.1, 0.15) is 97.1 Å². The van der Waals surface area contributed by atoms with Gasteiger partial charge in [0.1, 0.15) is 0 Å². The molecule has 0 aliphatic rings. The quantitative estimate of drug-likeness (QED) is 0.338. The molecule has 0 N–H and O–H groups in total. The smallest absolute Gasteiger partial charge is 0.545 e. The van der Waals surface area contributed by atoms with Crippen LogP contribution in [0.4, 0.5) is 0 Å². The summed E-state index contributed by atoms with van der Waals surface area (Å²) in [6.45, 7) is 4.35. The molecule has 0 saturated heterocycles. The minimum atomic E-state index is -1.09. The standard InChI is InChI=1S/2C13H18O2.Zn/c2*1-2-3-4-5-7-11-8-6-9-12(10-11)13(14)15;/h2*6,8-10H,2-5,7H2,1H3,(H,14,15);/q;;+2/p-2. The first-order valence-electron chi connectivity index (χ1n) is 11.1. The fourth-order valence-corrected chi connectivity index (χ4v) is 3.22. The van der Waals surface area contributed by atoms with Crippen LogP contribution < -0.4 is 10.2 Å². The predicted molar refractivity (Wildman–Crippen MR) is 117 cm³/mol. The van der Waals surface area contributed by atoms with E-state index in [1.807, 2.05) is 12.1 Å². The van der Waals surface area contributed by atoms with E-state index in [2.05, 4.69) is 13.8 Å². The zero-order valence-electron chi connectivity index (χ0n) is 19.0. The molecule has 2 rings (SSSR count). The number of carbonyl (C=O) groups is 2. The molecule has 31 heavy (non-hydrogen) atoms. The van der Waals surface area contributed by atoms with Crippen LogP contribution in [-0.2, 0) is 32.3 Å². The number of unbranched alkanes of at least 4 members (excludes halogenated alkanes) is 6. The van der Waals surface area contributed by atoms with E-state index < -0.39 is 11.9 Å². The first-order valence-corrected chi connectivity index (χ1v) is 11.1. The molecule has 0 aliphatic heterocycles. The second-order valence-electron chi connectivity index (χ2n) is 7.60. The van der Waals surface area contributed by atoms with Crippen molar-refractivity contribution < 1.29 is 39.3 Å². The maximum atomic E-state index is 10.6. The fraction of sp³-hybridized carbons (Fsp3) is 0.462. The molecule has 0 bridgehead atoms. The summed E-state index contributed by atoms with van der Waals surface area (Å²) in [5, 5.41) is 21.2. The second kappa shape index (κ2) is 17.7. The molecule has 2 aromatic carbocycles. The van der Waals surface area contributed by atoms with Crippen molar-refractivity contribution in [3.63, 3.8) is 0 Å². The summed E-state index contributed by atoms with van der Waals surface area (Å²) in [5.74, 6) is -2.18. The van der Waals surface area contributed by atoms with E-state index in [0.29, 0.717) is 0 Å². The van der Waals surface area contributed by atoms with Crippen LogP contribution in [0, 0.1) is 0 Å². The minimum Gasteiger partial charge on any atom is -0.545 e. The van der Waals surface area contributed by atoms with Crippen molar-refractivity contribution in [1.29, 1.82) is 0 Å². The summed E-state index contributed by atoms with van der Waals surface area (Å²) < 4.78 is 0. The molecule has 4 nitrogen and oxygen atoms in total. The van der Waals surface area contributed by atoms with Crippen molar-refractivity contribution in [2.75, 3.05) is 0 Å². The Kier molecular flexibility index (Phi) is 16.5. The third kappa shape index (κ3) is 13.1. The molecule has 0 heterocycles. The van der Waals surface area contributed by atoms with Crippen LogP contribution in [-0.4, -0.2) is 11.9 Å². The number of carbonyl (C=O) groups excluding carboxylic acids is 2. The van der Waals surface area contributed by atoms with Gasteiger partial charge >= 0.3 is 19.5 Å². The Balaban J connectivity index is 0.000000562. The van der Waals surface area contributed by atoms with E-state index in [9.17, 15) is 19.8 Å². The van der Waals surface area contributed by atoms with Gasteiger partial charge in [0, 0.05) is 0 Å². The summed E-state index contributed by atoms with van der Waals surface area (Å²) in [5.41, 5.74) is 2.74. The predicted octanol–water partition coefficient (Wildman–Crippen LogP) is 4.34. The number of hydrogen-bond acceptors (Lipinski definition) is 4. The fourth-order valence-electron chi connectivity index (χ4n) is 3.22. The van der Waals surface area contributed by atoms with E-state index in [4.69, 9.17) is 0 Å². The Morgan fingerprint density at radius 1 is 0.645 bits per heavy atom. The molecule has 0 radical (unpaired) electrons. The summed E-state index contributed by atoms with van der Waals surface area (Å²) in [4.78, 5) is 21.2. The number of rotatable bonds is 12. The van der Waals surface area contributed by atoms with Gasteiger partial charge in [-0.25, -0.2) is 0 Å². The van der Waals surface area contributed by atoms with Crippen LogP contribution in [0.2, 0.25) is 0 Å². The molecule has 0 fully saturated rings. The molecule has 0 aromatic heterocycles. The van der Waals surface area contributed by atoms with E-state index in [-0.39, 0.29) is 30.6 Å². The van der Waals surface area contributed by atoms with Crippen LogP contribution in [0.5, 0.6) is 0 Å². The van der Waals surface area contributed by atoms with Crippen LogP contribution in [0.15, 0.2) is 48.5 Å². The van der Waals surface area contributed by atoms with Crippen LogP contribution in [0.3, 0.4) is 0 Å². The SMILES string of the molecule is CCCCCCc1cccc(C(=O)[O-])c1.CCCCCCc1cccc(C(=O)[O-])c1.[Zn+2]. The molecule has 0 saturated carbocycles. The van der Waals surface area contributed by atoms with Gasteiger partial charge in [-0.2, -0.15) is 0 Å². The monoisotopic (exact) mass is 474 g/mol. The number of carboxylic acid groups (broad SMARTS) is 2. The van der Waals surface area contributed by atoms with Gasteiger partial charge in [0.15, 0.2) is 0 Å². The average molecular weight is 476 g/mol. The summed E-state index contributed by atoms with van der Waals surface area (Å²) >= 11 is 0. The zero-order valence-corrected chi connectivity index (χ0v) is 22.0. The van der Waals surface area contributed by atoms with Gasteiger partial charge in [-0.15, -0.1) is 0 Å². The molecule has 2 aromatic rings. The van der Waals surface area contributed by atoms with Crippen molar-refractivity contribution in [3.05, 3.63) is 70.8 Å². The number of carboxylic acids is 2. The Morgan fingerprint density at radius 3 is 1.35 bits per heavy atom. The largest absolute Gasteiger partial charge is 2.00 e. The van der Waals surface area contributed by atoms with Gasteiger partial charge in [0.25, 0.3) is 0 Å². The van der Waals surface area contributed by atoms with E-state index in [1.165, 1.54) is 38.5 Å². The third-order valence-electron chi connectivity index (χ3n) is 4.96. The molecular formula is C26H34O4Zn. The number of aryl methyl sites for hydroxylation is 2. The molecule has 164 valence electrons. The van der Waals surface area contributed by atoms with Gasteiger partial charge in [0.05, 0.1) is 11.9 Å². The third-order valence-corrected chi connectivity index (χ3v) is 4.96. The van der Waals surface area contributed by atoms with Gasteiger partial charge in [0.2, 0.25) is 0 Å². The van der Waals surface area contributed by atoms with E-state index in [1.54, 1.807) is 36.4 Å². The van der Waals surface area contributed by atoms with Crippen molar-refractivity contribution in [3.8, 4) is 0 Å². The first-order chi connectivity index (χ1) is 14.5. The van der Waals surface area contributed by atoms with Gasteiger partial charge < -0.3 is 19.8 Å². The first kappa shape index (κ1) is 29.0. The molecule has 0 spiro atoms.